The van der Waals surface area contributed by atoms with Gasteiger partial charge in [-0.05, 0) is 5.56 Å². The van der Waals surface area contributed by atoms with E-state index in [1.54, 1.807) is 24.3 Å². The molecule has 0 unspecified atom stereocenters. The Bertz CT molecular complexity index is 360. The number of benzene rings is 1. The first-order valence-electron chi connectivity index (χ1n) is 4.68. The van der Waals surface area contributed by atoms with Gasteiger partial charge in [0.05, 0.1) is 12.4 Å². The molecule has 86 valence electrons. The maximum absolute atomic E-state index is 11.1. The Kier molecular flexibility index (Phi) is 4.47. The van der Waals surface area contributed by atoms with Crippen molar-refractivity contribution in [1.29, 1.82) is 0 Å². The quantitative estimate of drug-likeness (QED) is 0.662. The molecule has 0 radical (unpaired) electrons. The van der Waals surface area contributed by atoms with E-state index in [0.29, 0.717) is 0 Å². The number of hydrogen-bond acceptors (Lipinski definition) is 5. The van der Waals surface area contributed by atoms with E-state index in [1.165, 1.54) is 0 Å². The summed E-state index contributed by atoms with van der Waals surface area (Å²) in [5, 5.41) is 19.0. The summed E-state index contributed by atoms with van der Waals surface area (Å²) in [6, 6.07) is 8.94. The van der Waals surface area contributed by atoms with Crippen molar-refractivity contribution >= 4 is 11.9 Å². The number of aliphatic hydroxyl groups is 1. The normalized spacial score (nSPS) is 11.8. The zero-order chi connectivity index (χ0) is 12.0. The summed E-state index contributed by atoms with van der Waals surface area (Å²) in [5.41, 5.74) is 0.791. The highest BCUT2D eigenvalue weighted by Gasteiger charge is 2.12. The van der Waals surface area contributed by atoms with Gasteiger partial charge in [0.2, 0.25) is 0 Å². The molecule has 0 spiro atoms. The van der Waals surface area contributed by atoms with Crippen molar-refractivity contribution in [3.63, 3.8) is 0 Å². The summed E-state index contributed by atoms with van der Waals surface area (Å²) in [6.07, 6.45) is -2.42. The van der Waals surface area contributed by atoms with Crippen LogP contribution in [0.1, 0.15) is 12.0 Å². The third-order valence-corrected chi connectivity index (χ3v) is 1.87. The Morgan fingerprint density at radius 3 is 2.50 bits per heavy atom. The number of aliphatic hydroxyl groups excluding tert-OH is 1. The fraction of sp³-hybridized carbons (Fsp3) is 0.273. The van der Waals surface area contributed by atoms with Crippen molar-refractivity contribution in [1.82, 2.24) is 0 Å². The van der Waals surface area contributed by atoms with Gasteiger partial charge in [0, 0.05) is 0 Å². The number of aliphatic carboxylic acids is 1. The first kappa shape index (κ1) is 12.2. The molecule has 1 N–H and O–H groups in total. The first-order valence-corrected chi connectivity index (χ1v) is 4.68. The molecule has 1 aromatic rings. The van der Waals surface area contributed by atoms with Crippen molar-refractivity contribution in [3.8, 4) is 0 Å². The van der Waals surface area contributed by atoms with E-state index in [0.717, 1.165) is 5.56 Å². The summed E-state index contributed by atoms with van der Waals surface area (Å²) in [7, 11) is 0. The SMILES string of the molecule is O=C(C[C@H](O)C(=O)[O-])OCc1ccccc1. The maximum atomic E-state index is 11.1. The van der Waals surface area contributed by atoms with Crippen molar-refractivity contribution in [2.24, 2.45) is 0 Å². The Balaban J connectivity index is 2.33. The van der Waals surface area contributed by atoms with Crippen LogP contribution in [-0.2, 0) is 20.9 Å². The number of carbonyl (C=O) groups excluding carboxylic acids is 2. The van der Waals surface area contributed by atoms with Crippen molar-refractivity contribution in [2.45, 2.75) is 19.1 Å². The minimum absolute atomic E-state index is 0.0550. The molecule has 5 nitrogen and oxygen atoms in total. The molecule has 1 atom stereocenters. The third kappa shape index (κ3) is 4.10. The van der Waals surface area contributed by atoms with Gasteiger partial charge in [-0.15, -0.1) is 0 Å². The molecule has 0 fully saturated rings. The molecule has 0 aliphatic rings. The van der Waals surface area contributed by atoms with E-state index in [9.17, 15) is 14.7 Å². The second-order valence-electron chi connectivity index (χ2n) is 3.19. The predicted octanol–water partition coefficient (Wildman–Crippen LogP) is -0.769. The molecular formula is C11H11O5-. The van der Waals surface area contributed by atoms with E-state index in [1.807, 2.05) is 6.07 Å². The predicted molar refractivity (Wildman–Crippen MR) is 51.9 cm³/mol. The molecule has 0 saturated carbocycles. The van der Waals surface area contributed by atoms with Gasteiger partial charge in [-0.3, -0.25) is 4.79 Å². The van der Waals surface area contributed by atoms with E-state index in [4.69, 9.17) is 9.84 Å². The fourth-order valence-electron chi connectivity index (χ4n) is 1.04. The van der Waals surface area contributed by atoms with Crippen LogP contribution in [0.25, 0.3) is 0 Å². The number of rotatable bonds is 5. The van der Waals surface area contributed by atoms with Crippen LogP contribution in [0.5, 0.6) is 0 Å². The summed E-state index contributed by atoms with van der Waals surface area (Å²) in [4.78, 5) is 21.2. The van der Waals surface area contributed by atoms with Gasteiger partial charge >= 0.3 is 5.97 Å². The smallest absolute Gasteiger partial charge is 0.309 e. The highest BCUT2D eigenvalue weighted by atomic mass is 16.5. The summed E-state index contributed by atoms with van der Waals surface area (Å²) >= 11 is 0. The average molecular weight is 223 g/mol. The van der Waals surface area contributed by atoms with Crippen LogP contribution in [0.3, 0.4) is 0 Å². The van der Waals surface area contributed by atoms with Crippen LogP contribution in [0.4, 0.5) is 0 Å². The molecular weight excluding hydrogens is 212 g/mol. The molecule has 0 saturated heterocycles. The van der Waals surface area contributed by atoms with Crippen LogP contribution in [-0.4, -0.2) is 23.1 Å². The molecule has 0 aliphatic heterocycles. The molecule has 1 aromatic carbocycles. The van der Waals surface area contributed by atoms with Crippen LogP contribution in [0, 0.1) is 0 Å². The van der Waals surface area contributed by atoms with Crippen molar-refractivity contribution in [3.05, 3.63) is 35.9 Å². The van der Waals surface area contributed by atoms with Crippen LogP contribution in [0.2, 0.25) is 0 Å². The molecule has 16 heavy (non-hydrogen) atoms. The molecule has 5 heteroatoms. The highest BCUT2D eigenvalue weighted by molar-refractivity contribution is 5.79. The van der Waals surface area contributed by atoms with E-state index < -0.39 is 24.5 Å². The van der Waals surface area contributed by atoms with E-state index in [-0.39, 0.29) is 6.61 Å². The molecule has 0 aromatic heterocycles. The lowest BCUT2D eigenvalue weighted by Crippen LogP contribution is -2.37. The van der Waals surface area contributed by atoms with E-state index >= 15 is 0 Å². The summed E-state index contributed by atoms with van der Waals surface area (Å²) < 4.78 is 4.76. The number of ether oxygens (including phenoxy) is 1. The molecule has 0 aliphatic carbocycles. The topological polar surface area (TPSA) is 86.7 Å². The molecule has 0 amide bonds. The second-order valence-corrected chi connectivity index (χ2v) is 3.19. The summed E-state index contributed by atoms with van der Waals surface area (Å²) in [5.74, 6) is -2.46. The fourth-order valence-corrected chi connectivity index (χ4v) is 1.04. The monoisotopic (exact) mass is 223 g/mol. The lowest BCUT2D eigenvalue weighted by atomic mass is 10.2. The third-order valence-electron chi connectivity index (χ3n) is 1.87. The Morgan fingerprint density at radius 1 is 1.31 bits per heavy atom. The van der Waals surface area contributed by atoms with Crippen molar-refractivity contribution < 1.29 is 24.5 Å². The first-order chi connectivity index (χ1) is 7.59. The summed E-state index contributed by atoms with van der Waals surface area (Å²) in [6.45, 7) is 0.0550. The Hall–Kier alpha value is -1.88. The maximum Gasteiger partial charge on any atom is 0.309 e. The standard InChI is InChI=1S/C11H12O5/c12-9(11(14)15)6-10(13)16-7-8-4-2-1-3-5-8/h1-5,9,12H,6-7H2,(H,14,15)/p-1/t9-/m0/s1. The molecule has 0 heterocycles. The minimum atomic E-state index is -1.82. The second kappa shape index (κ2) is 5.87. The highest BCUT2D eigenvalue weighted by Crippen LogP contribution is 2.02. The number of carboxylic acids is 1. The number of carbonyl (C=O) groups is 2. The van der Waals surface area contributed by atoms with Crippen LogP contribution >= 0.6 is 0 Å². The van der Waals surface area contributed by atoms with Gasteiger partial charge in [0.15, 0.2) is 0 Å². The van der Waals surface area contributed by atoms with Gasteiger partial charge in [0.1, 0.15) is 12.7 Å². The number of esters is 1. The zero-order valence-corrected chi connectivity index (χ0v) is 8.46. The van der Waals surface area contributed by atoms with Gasteiger partial charge < -0.3 is 19.7 Å². The Labute approximate surface area is 92.3 Å². The molecule has 0 bridgehead atoms. The van der Waals surface area contributed by atoms with Crippen LogP contribution in [0.15, 0.2) is 30.3 Å². The Morgan fingerprint density at radius 2 is 1.94 bits per heavy atom. The lowest BCUT2D eigenvalue weighted by Gasteiger charge is -2.10. The number of carboxylic acid groups (broad SMARTS) is 1. The van der Waals surface area contributed by atoms with Gasteiger partial charge in [0.25, 0.3) is 0 Å². The van der Waals surface area contributed by atoms with Gasteiger partial charge in [-0.25, -0.2) is 0 Å². The minimum Gasteiger partial charge on any atom is -0.547 e. The average Bonchev–Trinajstić information content (AvgIpc) is 2.27. The zero-order valence-electron chi connectivity index (χ0n) is 8.46. The largest absolute Gasteiger partial charge is 0.547 e. The van der Waals surface area contributed by atoms with Crippen molar-refractivity contribution in [2.75, 3.05) is 0 Å². The number of hydrogen-bond donors (Lipinski definition) is 1. The lowest BCUT2D eigenvalue weighted by molar-refractivity contribution is -0.315. The van der Waals surface area contributed by atoms with E-state index in [2.05, 4.69) is 0 Å². The van der Waals surface area contributed by atoms with Gasteiger partial charge in [-0.2, -0.15) is 0 Å². The molecule has 1 rings (SSSR count). The van der Waals surface area contributed by atoms with Gasteiger partial charge in [-0.1, -0.05) is 30.3 Å². The van der Waals surface area contributed by atoms with Crippen LogP contribution < -0.4 is 5.11 Å².